The van der Waals surface area contributed by atoms with Crippen LogP contribution in [0.3, 0.4) is 0 Å². The minimum absolute atomic E-state index is 0.111. The molecular weight excluding hydrogens is 1070 g/mol. The van der Waals surface area contributed by atoms with Gasteiger partial charge in [-0.05, 0) is 164 Å². The number of hydrogen-bond donors (Lipinski definition) is 0. The summed E-state index contributed by atoms with van der Waals surface area (Å²) in [5.41, 5.74) is 20.9. The van der Waals surface area contributed by atoms with Gasteiger partial charge in [0.05, 0.1) is 35.3 Å². The van der Waals surface area contributed by atoms with Gasteiger partial charge in [0.25, 0.3) is 0 Å². The number of benzene rings is 12. The van der Waals surface area contributed by atoms with E-state index in [1.807, 2.05) is 97.1 Å². The highest BCUT2D eigenvalue weighted by Crippen LogP contribution is 2.55. The molecule has 1 aromatic heterocycles. The number of anilines is 10. The van der Waals surface area contributed by atoms with E-state index in [2.05, 4.69) is 204 Å². The Hall–Kier alpha value is -11.0. The van der Waals surface area contributed by atoms with Gasteiger partial charge in [0.2, 0.25) is 0 Å². The molecule has 2 aliphatic heterocycles. The van der Waals surface area contributed by atoms with Gasteiger partial charge >= 0.3 is 0 Å². The van der Waals surface area contributed by atoms with Crippen LogP contribution < -0.4 is 19.6 Å². The Morgan fingerprint density at radius 1 is 0.386 bits per heavy atom. The van der Waals surface area contributed by atoms with Crippen LogP contribution in [0.5, 0.6) is 0 Å². The highest BCUT2D eigenvalue weighted by atomic mass is 15.4. The molecule has 0 N–H and O–H groups in total. The Morgan fingerprint density at radius 3 is 1.66 bits per heavy atom. The molecule has 0 radical (unpaired) electrons. The maximum atomic E-state index is 9.53. The number of aromatic nitrogens is 1. The molecule has 0 aliphatic carbocycles. The monoisotopic (exact) mass is 1140 g/mol. The normalized spacial score (nSPS) is 13.9. The van der Waals surface area contributed by atoms with Gasteiger partial charge in [-0.25, -0.2) is 4.98 Å². The maximum Gasteiger partial charge on any atom is 0.137 e. The van der Waals surface area contributed by atoms with E-state index < -0.39 is 25.0 Å². The van der Waals surface area contributed by atoms with Crippen LogP contribution in [0.4, 0.5) is 57.0 Å². The number of nitrogens with zero attached hydrogens (tertiary/aromatic N) is 5. The zero-order chi connectivity index (χ0) is 66.1. The minimum atomic E-state index is -2.41. The zero-order valence-electron chi connectivity index (χ0n) is 57.0. The Balaban J connectivity index is 0.946. The van der Waals surface area contributed by atoms with Crippen LogP contribution in [0.1, 0.15) is 42.9 Å². The molecule has 0 atom stereocenters. The molecular formula is C83H65N5. The number of para-hydroxylation sites is 4. The molecule has 0 fully saturated rings. The first-order valence-corrected chi connectivity index (χ1v) is 29.8. The fourth-order valence-electron chi connectivity index (χ4n) is 12.7. The number of pyridine rings is 1. The molecule has 0 spiro atoms. The van der Waals surface area contributed by atoms with Crippen molar-refractivity contribution < 1.29 is 11.0 Å². The van der Waals surface area contributed by atoms with Crippen LogP contribution in [-0.4, -0.2) is 11.7 Å². The van der Waals surface area contributed by atoms with Crippen molar-refractivity contribution in [2.24, 2.45) is 0 Å². The van der Waals surface area contributed by atoms with E-state index in [1.54, 1.807) is 18.3 Å². The van der Waals surface area contributed by atoms with E-state index in [1.165, 1.54) is 0 Å². The average molecular weight is 1140 g/mol. The highest BCUT2D eigenvalue weighted by molar-refractivity contribution is 6.05. The van der Waals surface area contributed by atoms with E-state index >= 15 is 0 Å². The molecule has 0 saturated heterocycles. The third kappa shape index (κ3) is 9.96. The summed E-state index contributed by atoms with van der Waals surface area (Å²) in [6, 6.07) is 91.7. The summed E-state index contributed by atoms with van der Waals surface area (Å²) < 4.78 is 71.6. The van der Waals surface area contributed by atoms with Crippen LogP contribution in [0, 0.1) is 6.85 Å². The van der Waals surface area contributed by atoms with Gasteiger partial charge in [0.15, 0.2) is 0 Å². The number of hydrogen-bond acceptors (Lipinski definition) is 5. The Morgan fingerprint density at radius 2 is 0.977 bits per heavy atom. The van der Waals surface area contributed by atoms with E-state index in [4.69, 9.17) is 13.2 Å². The summed E-state index contributed by atoms with van der Waals surface area (Å²) >= 11 is 0. The van der Waals surface area contributed by atoms with Crippen LogP contribution in [-0.2, 0) is 5.41 Å². The first kappa shape index (κ1) is 45.4. The summed E-state index contributed by atoms with van der Waals surface area (Å²) in [4.78, 5) is 13.9. The van der Waals surface area contributed by atoms with Gasteiger partial charge in [0, 0.05) is 55.3 Å². The van der Waals surface area contributed by atoms with Gasteiger partial charge in [-0.2, -0.15) is 0 Å². The molecule has 0 amide bonds. The molecule has 422 valence electrons. The first-order valence-electron chi connectivity index (χ1n) is 33.8. The van der Waals surface area contributed by atoms with Crippen molar-refractivity contribution in [2.45, 2.75) is 33.0 Å². The Kier molecular flexibility index (Phi) is 11.6. The second-order valence-electron chi connectivity index (χ2n) is 23.5. The fourth-order valence-corrected chi connectivity index (χ4v) is 12.7. The fraction of sp³-hybridized carbons (Fsp3) is 0.0723. The molecule has 5 heteroatoms. The quantitative estimate of drug-likeness (QED) is 0.129. The topological polar surface area (TPSA) is 25.9 Å². The second-order valence-corrected chi connectivity index (χ2v) is 23.5. The SMILES string of the molecule is [2H]c1c([2H])c([2H])c(-c2cccc(-c3cc(-c4ccccc4)cc(C(C)(C)C)c3)c2N2CN(c3cc(-c4ccccc4)cc(N(c4ccccc4)c4ccc5c(c4)N(c4cc(C([2H])([2H])[2H])ccn4)c4ccc(-c6ccccc6)cc4-c4ccccc4-5)c3)c3ccccc32)c([2H])c1[2H]. The van der Waals surface area contributed by atoms with E-state index in [9.17, 15) is 2.74 Å². The van der Waals surface area contributed by atoms with Crippen molar-refractivity contribution in [1.82, 2.24) is 4.98 Å². The highest BCUT2D eigenvalue weighted by Gasteiger charge is 2.34. The summed E-state index contributed by atoms with van der Waals surface area (Å²) in [6.45, 7) is 4.48. The molecule has 2 aliphatic rings. The lowest BCUT2D eigenvalue weighted by molar-refractivity contribution is 0.590. The van der Waals surface area contributed by atoms with Crippen molar-refractivity contribution in [3.05, 3.63) is 321 Å². The number of aryl methyl sites for hydroxylation is 1. The maximum absolute atomic E-state index is 9.53. The third-order valence-electron chi connectivity index (χ3n) is 16.9. The second kappa shape index (κ2) is 22.4. The molecule has 13 aromatic rings. The molecule has 88 heavy (non-hydrogen) atoms. The van der Waals surface area contributed by atoms with Crippen molar-refractivity contribution in [1.29, 1.82) is 0 Å². The van der Waals surface area contributed by atoms with Crippen LogP contribution in [0.15, 0.2) is 309 Å². The van der Waals surface area contributed by atoms with Crippen molar-refractivity contribution in [2.75, 3.05) is 26.3 Å². The lowest BCUT2D eigenvalue weighted by atomic mass is 9.82. The van der Waals surface area contributed by atoms with Crippen LogP contribution in [0.2, 0.25) is 0 Å². The lowest BCUT2D eigenvalue weighted by Gasteiger charge is -2.31. The largest absolute Gasteiger partial charge is 0.321 e. The molecule has 12 aromatic carbocycles. The molecule has 3 heterocycles. The minimum Gasteiger partial charge on any atom is -0.321 e. The Bertz CT molecular complexity index is 5120. The smallest absolute Gasteiger partial charge is 0.137 e. The standard InChI is InChI=1S/C83H65N5/c1-57-45-46-84-81(47-57)88-77-44-41-62(58-25-10-5-11-26-58)53-76(77)74-36-21-20-35-73(74)75-43-42-68(55-80(75)88)87(67-33-18-9-19-34-67)70-52-64(60-29-14-7-15-30-60)51-69(54-70)85-56-86(79-40-23-22-39-78(79)85)82-71(61-31-16-8-17-32-61)37-24-38-72(82)65-48-63(59-27-12-6-13-28-59)49-66(50-65)83(2,3)4/h5-55H,56H2,1-4H3/i1D3,8D,16D,17D,31D,32D. The van der Waals surface area contributed by atoms with Crippen molar-refractivity contribution >= 4 is 57.0 Å². The predicted octanol–water partition coefficient (Wildman–Crippen LogP) is 22.9. The van der Waals surface area contributed by atoms with Crippen molar-refractivity contribution in [3.63, 3.8) is 0 Å². The van der Waals surface area contributed by atoms with E-state index in [0.717, 1.165) is 118 Å². The van der Waals surface area contributed by atoms with Gasteiger partial charge < -0.3 is 14.7 Å². The van der Waals surface area contributed by atoms with Gasteiger partial charge in [-0.3, -0.25) is 4.90 Å². The van der Waals surface area contributed by atoms with E-state index in [0.29, 0.717) is 17.1 Å². The number of rotatable bonds is 11. The molecule has 0 saturated carbocycles. The molecule has 0 unspecified atom stereocenters. The zero-order valence-corrected chi connectivity index (χ0v) is 49.0. The van der Waals surface area contributed by atoms with Crippen LogP contribution >= 0.6 is 0 Å². The van der Waals surface area contributed by atoms with Crippen molar-refractivity contribution in [3.8, 4) is 77.9 Å². The van der Waals surface area contributed by atoms with Gasteiger partial charge in [-0.1, -0.05) is 239 Å². The van der Waals surface area contributed by atoms with Gasteiger partial charge in [-0.15, -0.1) is 0 Å². The average Bonchev–Trinajstić information content (AvgIpc) is 1.51. The lowest BCUT2D eigenvalue weighted by Crippen LogP contribution is -2.25. The summed E-state index contributed by atoms with van der Waals surface area (Å²) in [6.07, 6.45) is 1.59. The first-order chi connectivity index (χ1) is 46.5. The Labute approximate surface area is 528 Å². The molecule has 5 nitrogen and oxygen atoms in total. The summed E-state index contributed by atoms with van der Waals surface area (Å²) in [5, 5.41) is 0. The summed E-state index contributed by atoms with van der Waals surface area (Å²) in [5.74, 6) is 0.454. The van der Waals surface area contributed by atoms with E-state index in [-0.39, 0.29) is 35.3 Å². The third-order valence-corrected chi connectivity index (χ3v) is 16.9. The predicted molar refractivity (Wildman–Crippen MR) is 371 cm³/mol. The van der Waals surface area contributed by atoms with Gasteiger partial charge in [0.1, 0.15) is 12.5 Å². The molecule has 0 bridgehead atoms. The summed E-state index contributed by atoms with van der Waals surface area (Å²) in [7, 11) is 0. The number of fused-ring (bicyclic) bond motifs is 6. The molecule has 15 rings (SSSR count). The van der Waals surface area contributed by atoms with Crippen LogP contribution in [0.25, 0.3) is 77.9 Å².